The number of carbonyl (C=O) groups excluding carboxylic acids is 1. The van der Waals surface area contributed by atoms with Crippen LogP contribution in [0.2, 0.25) is 0 Å². The predicted octanol–water partition coefficient (Wildman–Crippen LogP) is 3.13. The van der Waals surface area contributed by atoms with Crippen LogP contribution in [0.25, 0.3) is 0 Å². The topological polar surface area (TPSA) is 29.5 Å². The van der Waals surface area contributed by atoms with E-state index >= 15 is 0 Å². The lowest BCUT2D eigenvalue weighted by molar-refractivity contribution is 0.0255. The Morgan fingerprint density at radius 3 is 2.42 bits per heavy atom. The second-order valence-electron chi connectivity index (χ2n) is 4.18. The fourth-order valence-electron chi connectivity index (χ4n) is 1.76. The largest absolute Gasteiger partial charge is 0.458 e. The molecule has 0 N–H and O–H groups in total. The van der Waals surface area contributed by atoms with Crippen LogP contribution in [0.4, 0.5) is 4.39 Å². The van der Waals surface area contributed by atoms with Crippen LogP contribution in [-0.4, -0.2) is 36.6 Å². The van der Waals surface area contributed by atoms with E-state index < -0.39 is 11.8 Å². The van der Waals surface area contributed by atoms with Crippen LogP contribution in [0.5, 0.6) is 0 Å². The monoisotopic (exact) mass is 289 g/mol. The third-order valence-electron chi connectivity index (χ3n) is 2.81. The first-order valence-corrected chi connectivity index (χ1v) is 6.26. The summed E-state index contributed by atoms with van der Waals surface area (Å²) in [7, 11) is 0. The van der Waals surface area contributed by atoms with Crippen molar-refractivity contribution >= 4 is 18.4 Å². The molecule has 19 heavy (non-hydrogen) atoms. The maximum absolute atomic E-state index is 13.4. The average molecular weight is 290 g/mol. The van der Waals surface area contributed by atoms with Crippen LogP contribution in [0.1, 0.15) is 31.1 Å². The highest BCUT2D eigenvalue weighted by molar-refractivity contribution is 5.89. The van der Waals surface area contributed by atoms with Gasteiger partial charge in [0.15, 0.2) is 0 Å². The molecule has 1 atom stereocenters. The minimum absolute atomic E-state index is 0. The van der Waals surface area contributed by atoms with Crippen LogP contribution in [0, 0.1) is 5.82 Å². The van der Waals surface area contributed by atoms with Gasteiger partial charge in [0.1, 0.15) is 11.9 Å². The third-order valence-corrected chi connectivity index (χ3v) is 2.81. The Balaban J connectivity index is 0.00000324. The Morgan fingerprint density at radius 2 is 1.89 bits per heavy atom. The van der Waals surface area contributed by atoms with E-state index in [0.717, 1.165) is 13.1 Å². The highest BCUT2D eigenvalue weighted by atomic mass is 35.5. The molecule has 5 heteroatoms. The number of halogens is 2. The molecular weight excluding hydrogens is 269 g/mol. The van der Waals surface area contributed by atoms with E-state index in [-0.39, 0.29) is 24.1 Å². The van der Waals surface area contributed by atoms with Crippen molar-refractivity contribution < 1.29 is 13.9 Å². The van der Waals surface area contributed by atoms with Gasteiger partial charge in [0.05, 0.1) is 5.56 Å². The zero-order valence-electron chi connectivity index (χ0n) is 11.6. The lowest BCUT2D eigenvalue weighted by atomic mass is 10.2. The normalized spacial score (nSPS) is 11.8. The van der Waals surface area contributed by atoms with Gasteiger partial charge in [0.25, 0.3) is 0 Å². The van der Waals surface area contributed by atoms with Crippen molar-refractivity contribution in [2.75, 3.05) is 19.6 Å². The molecule has 0 amide bonds. The van der Waals surface area contributed by atoms with E-state index in [4.69, 9.17) is 4.74 Å². The van der Waals surface area contributed by atoms with Gasteiger partial charge in [-0.3, -0.25) is 0 Å². The Labute approximate surface area is 120 Å². The Kier molecular flexibility index (Phi) is 8.35. The van der Waals surface area contributed by atoms with Crippen molar-refractivity contribution in [2.45, 2.75) is 26.9 Å². The highest BCUT2D eigenvalue weighted by Gasteiger charge is 2.16. The average Bonchev–Trinajstić information content (AvgIpc) is 2.36. The molecule has 1 rings (SSSR count). The summed E-state index contributed by atoms with van der Waals surface area (Å²) in [6, 6.07) is 5.85. The summed E-state index contributed by atoms with van der Waals surface area (Å²) >= 11 is 0. The summed E-state index contributed by atoms with van der Waals surface area (Å²) in [4.78, 5) is 13.9. The smallest absolute Gasteiger partial charge is 0.341 e. The molecule has 0 heterocycles. The van der Waals surface area contributed by atoms with Crippen molar-refractivity contribution in [3.05, 3.63) is 35.6 Å². The molecule has 0 aromatic heterocycles. The first kappa shape index (κ1) is 17.9. The first-order valence-electron chi connectivity index (χ1n) is 6.26. The van der Waals surface area contributed by atoms with Crippen LogP contribution >= 0.6 is 12.4 Å². The summed E-state index contributed by atoms with van der Waals surface area (Å²) in [6.45, 7) is 8.38. The number of benzene rings is 1. The SMILES string of the molecule is CCN(CC)CC(C)OC(=O)c1ccccc1F.Cl. The molecule has 1 aromatic rings. The van der Waals surface area contributed by atoms with E-state index in [1.807, 2.05) is 6.92 Å². The summed E-state index contributed by atoms with van der Waals surface area (Å²) < 4.78 is 18.6. The van der Waals surface area contributed by atoms with Gasteiger partial charge >= 0.3 is 5.97 Å². The van der Waals surface area contributed by atoms with Gasteiger partial charge in [-0.15, -0.1) is 12.4 Å². The number of likely N-dealkylation sites (N-methyl/N-ethyl adjacent to an activating group) is 1. The number of esters is 1. The predicted molar refractivity (Wildman–Crippen MR) is 76.3 cm³/mol. The maximum atomic E-state index is 13.4. The van der Waals surface area contributed by atoms with E-state index in [1.54, 1.807) is 12.1 Å². The minimum Gasteiger partial charge on any atom is -0.458 e. The molecule has 0 saturated carbocycles. The molecular formula is C14H21ClFNO2. The number of carbonyl (C=O) groups is 1. The molecule has 0 radical (unpaired) electrons. The molecule has 3 nitrogen and oxygen atoms in total. The summed E-state index contributed by atoms with van der Waals surface area (Å²) in [6.07, 6.45) is -0.253. The number of ether oxygens (including phenoxy) is 1. The summed E-state index contributed by atoms with van der Waals surface area (Å²) in [5, 5.41) is 0. The first-order chi connectivity index (χ1) is 8.58. The quantitative estimate of drug-likeness (QED) is 0.754. The number of rotatable bonds is 6. The van der Waals surface area contributed by atoms with Crippen molar-refractivity contribution in [1.29, 1.82) is 0 Å². The second kappa shape index (κ2) is 8.88. The summed E-state index contributed by atoms with van der Waals surface area (Å²) in [5.41, 5.74) is -0.0103. The lowest BCUT2D eigenvalue weighted by Gasteiger charge is -2.22. The van der Waals surface area contributed by atoms with E-state index in [2.05, 4.69) is 18.7 Å². The van der Waals surface area contributed by atoms with Gasteiger partial charge in [-0.25, -0.2) is 9.18 Å². The molecule has 0 bridgehead atoms. The fourth-order valence-corrected chi connectivity index (χ4v) is 1.76. The number of hydrogen-bond donors (Lipinski definition) is 0. The van der Waals surface area contributed by atoms with Crippen LogP contribution in [0.3, 0.4) is 0 Å². The molecule has 1 aromatic carbocycles. The van der Waals surface area contributed by atoms with Crippen molar-refractivity contribution in [3.63, 3.8) is 0 Å². The van der Waals surface area contributed by atoms with Crippen molar-refractivity contribution in [3.8, 4) is 0 Å². The third kappa shape index (κ3) is 5.57. The van der Waals surface area contributed by atoms with Gasteiger partial charge < -0.3 is 9.64 Å². The van der Waals surface area contributed by atoms with Crippen LogP contribution in [-0.2, 0) is 4.74 Å². The second-order valence-corrected chi connectivity index (χ2v) is 4.18. The van der Waals surface area contributed by atoms with Gasteiger partial charge in [0, 0.05) is 6.54 Å². The molecule has 0 spiro atoms. The van der Waals surface area contributed by atoms with Crippen molar-refractivity contribution in [2.24, 2.45) is 0 Å². The Bertz CT molecular complexity index is 397. The molecule has 0 saturated heterocycles. The highest BCUT2D eigenvalue weighted by Crippen LogP contribution is 2.09. The number of nitrogens with zero attached hydrogens (tertiary/aromatic N) is 1. The van der Waals surface area contributed by atoms with E-state index in [0.29, 0.717) is 6.54 Å². The number of hydrogen-bond acceptors (Lipinski definition) is 3. The van der Waals surface area contributed by atoms with E-state index in [9.17, 15) is 9.18 Å². The van der Waals surface area contributed by atoms with Crippen molar-refractivity contribution in [1.82, 2.24) is 4.90 Å². The minimum atomic E-state index is -0.604. The molecule has 0 aliphatic rings. The van der Waals surface area contributed by atoms with Gasteiger partial charge in [-0.1, -0.05) is 26.0 Å². The van der Waals surface area contributed by atoms with Gasteiger partial charge in [0.2, 0.25) is 0 Å². The van der Waals surface area contributed by atoms with Gasteiger partial charge in [-0.05, 0) is 32.1 Å². The molecule has 108 valence electrons. The Morgan fingerprint density at radius 1 is 1.32 bits per heavy atom. The van der Waals surface area contributed by atoms with Crippen LogP contribution < -0.4 is 0 Å². The standard InChI is InChI=1S/C14H20FNO2.ClH/c1-4-16(5-2)10-11(3)18-14(17)12-8-6-7-9-13(12)15;/h6-9,11H,4-5,10H2,1-3H3;1H. The molecule has 0 aliphatic carbocycles. The fraction of sp³-hybridized carbons (Fsp3) is 0.500. The lowest BCUT2D eigenvalue weighted by Crippen LogP contribution is -2.33. The zero-order valence-corrected chi connectivity index (χ0v) is 12.4. The molecule has 0 aliphatic heterocycles. The molecule has 1 unspecified atom stereocenters. The summed E-state index contributed by atoms with van der Waals surface area (Å²) in [5.74, 6) is -1.15. The van der Waals surface area contributed by atoms with Crippen LogP contribution in [0.15, 0.2) is 24.3 Å². The maximum Gasteiger partial charge on any atom is 0.341 e. The molecule has 0 fully saturated rings. The Hall–Kier alpha value is -1.13. The van der Waals surface area contributed by atoms with Gasteiger partial charge in [-0.2, -0.15) is 0 Å². The van der Waals surface area contributed by atoms with E-state index in [1.165, 1.54) is 12.1 Å². The zero-order chi connectivity index (χ0) is 13.5.